The number of nitrogens with one attached hydrogen (secondary N) is 1. The van der Waals surface area contributed by atoms with Crippen molar-refractivity contribution < 1.29 is 9.15 Å². The monoisotopic (exact) mass is 337 g/mol. The molecular weight excluding hydrogens is 318 g/mol. The van der Waals surface area contributed by atoms with Gasteiger partial charge in [-0.05, 0) is 47.5 Å². The summed E-state index contributed by atoms with van der Waals surface area (Å²) in [5.41, 5.74) is 1.18. The van der Waals surface area contributed by atoms with Gasteiger partial charge in [-0.25, -0.2) is 0 Å². The van der Waals surface area contributed by atoms with Gasteiger partial charge in [-0.2, -0.15) is 0 Å². The molecule has 0 aliphatic heterocycles. The molecule has 0 aliphatic carbocycles. The first kappa shape index (κ1) is 15.1. The molecule has 1 heterocycles. The van der Waals surface area contributed by atoms with Gasteiger partial charge in [0.2, 0.25) is 0 Å². The number of hydrogen-bond acceptors (Lipinski definition) is 3. The SMILES string of the molecule is CCC(NC(C)c1ccc(Br)o1)c1ccccc1OC. The van der Waals surface area contributed by atoms with Crippen LogP contribution >= 0.6 is 15.9 Å². The number of hydrogen-bond donors (Lipinski definition) is 1. The van der Waals surface area contributed by atoms with Crippen LogP contribution in [0.5, 0.6) is 5.75 Å². The van der Waals surface area contributed by atoms with E-state index in [0.717, 1.165) is 22.6 Å². The number of benzene rings is 1. The van der Waals surface area contributed by atoms with Gasteiger partial charge in [0.15, 0.2) is 4.67 Å². The Kier molecular flexibility index (Phi) is 5.26. The van der Waals surface area contributed by atoms with Gasteiger partial charge in [0, 0.05) is 11.6 Å². The number of ether oxygens (including phenoxy) is 1. The van der Waals surface area contributed by atoms with Gasteiger partial charge < -0.3 is 14.5 Å². The average Bonchev–Trinajstić information content (AvgIpc) is 2.91. The molecular formula is C16H20BrNO2. The molecule has 0 fully saturated rings. The molecule has 0 radical (unpaired) electrons. The summed E-state index contributed by atoms with van der Waals surface area (Å²) < 4.78 is 11.8. The van der Waals surface area contributed by atoms with Crippen LogP contribution < -0.4 is 10.1 Å². The summed E-state index contributed by atoms with van der Waals surface area (Å²) in [7, 11) is 1.71. The molecule has 0 spiro atoms. The Hall–Kier alpha value is -1.26. The second-order valence-corrected chi connectivity index (χ2v) is 5.51. The first-order valence-corrected chi connectivity index (χ1v) is 7.59. The highest BCUT2D eigenvalue weighted by atomic mass is 79.9. The Morgan fingerprint density at radius 1 is 1.25 bits per heavy atom. The Labute approximate surface area is 128 Å². The van der Waals surface area contributed by atoms with Crippen LogP contribution in [0.25, 0.3) is 0 Å². The van der Waals surface area contributed by atoms with Crippen LogP contribution in [-0.4, -0.2) is 7.11 Å². The molecule has 20 heavy (non-hydrogen) atoms. The fourth-order valence-electron chi connectivity index (χ4n) is 2.33. The number of para-hydroxylation sites is 1. The lowest BCUT2D eigenvalue weighted by atomic mass is 10.0. The number of rotatable bonds is 6. The van der Waals surface area contributed by atoms with Gasteiger partial charge in [-0.1, -0.05) is 25.1 Å². The zero-order valence-corrected chi connectivity index (χ0v) is 13.6. The molecule has 1 N–H and O–H groups in total. The highest BCUT2D eigenvalue weighted by molar-refractivity contribution is 9.10. The molecule has 1 aromatic heterocycles. The lowest BCUT2D eigenvalue weighted by molar-refractivity contribution is 0.363. The third-order valence-corrected chi connectivity index (χ3v) is 3.82. The average molecular weight is 338 g/mol. The Morgan fingerprint density at radius 2 is 2.00 bits per heavy atom. The van der Waals surface area contributed by atoms with Crippen molar-refractivity contribution in [2.75, 3.05) is 7.11 Å². The number of methoxy groups -OCH3 is 1. The Morgan fingerprint density at radius 3 is 2.60 bits per heavy atom. The zero-order chi connectivity index (χ0) is 14.5. The minimum atomic E-state index is 0.135. The second kappa shape index (κ2) is 6.95. The molecule has 0 amide bonds. The molecule has 2 aromatic rings. The van der Waals surface area contributed by atoms with Crippen molar-refractivity contribution in [3.8, 4) is 5.75 Å². The standard InChI is InChI=1S/C16H20BrNO2/c1-4-13(12-7-5-6-8-15(12)19-3)18-11(2)14-9-10-16(17)20-14/h5-11,13,18H,4H2,1-3H3. The maximum absolute atomic E-state index is 5.61. The zero-order valence-electron chi connectivity index (χ0n) is 12.0. The summed E-state index contributed by atoms with van der Waals surface area (Å²) in [5, 5.41) is 3.59. The van der Waals surface area contributed by atoms with Crippen LogP contribution in [0.1, 0.15) is 43.7 Å². The van der Waals surface area contributed by atoms with Crippen LogP contribution in [0.2, 0.25) is 0 Å². The molecule has 108 valence electrons. The third-order valence-electron chi connectivity index (χ3n) is 3.39. The van der Waals surface area contributed by atoms with Gasteiger partial charge in [0.1, 0.15) is 11.5 Å². The van der Waals surface area contributed by atoms with Crippen LogP contribution in [0.15, 0.2) is 45.5 Å². The van der Waals surface area contributed by atoms with Crippen molar-refractivity contribution >= 4 is 15.9 Å². The van der Waals surface area contributed by atoms with E-state index in [0.29, 0.717) is 0 Å². The molecule has 1 aromatic carbocycles. The molecule has 2 unspecified atom stereocenters. The summed E-state index contributed by atoms with van der Waals surface area (Å²) >= 11 is 3.34. The van der Waals surface area contributed by atoms with Gasteiger partial charge in [-0.3, -0.25) is 0 Å². The fraction of sp³-hybridized carbons (Fsp3) is 0.375. The molecule has 0 saturated heterocycles. The van der Waals surface area contributed by atoms with Gasteiger partial charge >= 0.3 is 0 Å². The maximum Gasteiger partial charge on any atom is 0.169 e. The van der Waals surface area contributed by atoms with Gasteiger partial charge in [0.05, 0.1) is 13.2 Å². The van der Waals surface area contributed by atoms with Gasteiger partial charge in [0.25, 0.3) is 0 Å². The van der Waals surface area contributed by atoms with E-state index in [9.17, 15) is 0 Å². The summed E-state index contributed by atoms with van der Waals surface area (Å²) in [6.45, 7) is 4.26. The van der Waals surface area contributed by atoms with Crippen molar-refractivity contribution in [2.24, 2.45) is 0 Å². The maximum atomic E-state index is 5.61. The smallest absolute Gasteiger partial charge is 0.169 e. The fourth-order valence-corrected chi connectivity index (χ4v) is 2.65. The van der Waals surface area contributed by atoms with E-state index in [2.05, 4.69) is 41.2 Å². The second-order valence-electron chi connectivity index (χ2n) is 4.73. The third kappa shape index (κ3) is 3.44. The van der Waals surface area contributed by atoms with Gasteiger partial charge in [-0.15, -0.1) is 0 Å². The largest absolute Gasteiger partial charge is 0.496 e. The van der Waals surface area contributed by atoms with Crippen LogP contribution in [-0.2, 0) is 0 Å². The van der Waals surface area contributed by atoms with E-state index in [1.807, 2.05) is 30.3 Å². The Balaban J connectivity index is 2.16. The van der Waals surface area contributed by atoms with E-state index >= 15 is 0 Å². The minimum Gasteiger partial charge on any atom is -0.496 e. The van der Waals surface area contributed by atoms with E-state index in [4.69, 9.17) is 9.15 Å². The molecule has 2 rings (SSSR count). The van der Waals surface area contributed by atoms with Crippen molar-refractivity contribution in [3.63, 3.8) is 0 Å². The van der Waals surface area contributed by atoms with Crippen molar-refractivity contribution in [3.05, 3.63) is 52.4 Å². The van der Waals surface area contributed by atoms with Crippen LogP contribution in [0, 0.1) is 0 Å². The molecule has 2 atom stereocenters. The normalized spacial score (nSPS) is 14.0. The topological polar surface area (TPSA) is 34.4 Å². The summed E-state index contributed by atoms with van der Waals surface area (Å²) in [4.78, 5) is 0. The molecule has 0 bridgehead atoms. The Bertz CT molecular complexity index is 553. The van der Waals surface area contributed by atoms with E-state index in [-0.39, 0.29) is 12.1 Å². The first-order valence-electron chi connectivity index (χ1n) is 6.80. The quantitative estimate of drug-likeness (QED) is 0.817. The van der Waals surface area contributed by atoms with E-state index in [1.165, 1.54) is 5.56 Å². The van der Waals surface area contributed by atoms with Crippen LogP contribution in [0.4, 0.5) is 0 Å². The molecule has 3 nitrogen and oxygen atoms in total. The lowest BCUT2D eigenvalue weighted by Gasteiger charge is -2.23. The van der Waals surface area contributed by atoms with Crippen molar-refractivity contribution in [1.29, 1.82) is 0 Å². The summed E-state index contributed by atoms with van der Waals surface area (Å²) in [5.74, 6) is 1.84. The number of furan rings is 1. The van der Waals surface area contributed by atoms with Crippen LogP contribution in [0.3, 0.4) is 0 Å². The van der Waals surface area contributed by atoms with Crippen molar-refractivity contribution in [1.82, 2.24) is 5.32 Å². The summed E-state index contributed by atoms with van der Waals surface area (Å²) in [6, 6.07) is 12.4. The first-order chi connectivity index (χ1) is 9.65. The lowest BCUT2D eigenvalue weighted by Crippen LogP contribution is -2.24. The summed E-state index contributed by atoms with van der Waals surface area (Å²) in [6.07, 6.45) is 0.979. The predicted molar refractivity (Wildman–Crippen MR) is 84.0 cm³/mol. The predicted octanol–water partition coefficient (Wildman–Crippen LogP) is 4.85. The van der Waals surface area contributed by atoms with Crippen molar-refractivity contribution in [2.45, 2.75) is 32.4 Å². The highest BCUT2D eigenvalue weighted by Crippen LogP contribution is 2.30. The molecule has 4 heteroatoms. The van der Waals surface area contributed by atoms with E-state index < -0.39 is 0 Å². The minimum absolute atomic E-state index is 0.135. The van der Waals surface area contributed by atoms with E-state index in [1.54, 1.807) is 7.11 Å². The molecule has 0 aliphatic rings. The number of halogens is 1. The molecule has 0 saturated carbocycles. The highest BCUT2D eigenvalue weighted by Gasteiger charge is 2.18.